The van der Waals surface area contributed by atoms with Crippen molar-refractivity contribution >= 4 is 17.5 Å². The van der Waals surface area contributed by atoms with Gasteiger partial charge in [-0.3, -0.25) is 9.59 Å². The first kappa shape index (κ1) is 23.2. The van der Waals surface area contributed by atoms with E-state index in [4.69, 9.17) is 9.47 Å². The van der Waals surface area contributed by atoms with Gasteiger partial charge < -0.3 is 24.4 Å². The molecule has 1 aliphatic heterocycles. The maximum Gasteiger partial charge on any atom is 0.573 e. The molecule has 1 N–H and O–H groups in total. The lowest BCUT2D eigenvalue weighted by Crippen LogP contribution is -2.30. The number of benzene rings is 2. The molecule has 172 valence electrons. The van der Waals surface area contributed by atoms with Crippen molar-refractivity contribution in [3.8, 4) is 17.2 Å². The third-order valence-corrected chi connectivity index (χ3v) is 5.06. The third-order valence-electron chi connectivity index (χ3n) is 5.06. The number of nitrogens with one attached hydrogen (secondary N) is 1. The van der Waals surface area contributed by atoms with Crippen molar-refractivity contribution in [2.24, 2.45) is 5.92 Å². The number of anilines is 1. The fraction of sp³-hybridized carbons (Fsp3) is 0.364. The van der Waals surface area contributed by atoms with Crippen LogP contribution >= 0.6 is 0 Å². The Balaban J connectivity index is 1.53. The second-order valence-electron chi connectivity index (χ2n) is 7.24. The SMILES string of the molecule is COc1ccc(CCN2CC(C(=O)Nc3ccc(OC(F)(F)F)cc3)CC2=O)cc1OC. The number of nitrogens with zero attached hydrogens (tertiary/aromatic N) is 1. The largest absolute Gasteiger partial charge is 0.573 e. The monoisotopic (exact) mass is 452 g/mol. The number of alkyl halides is 3. The van der Waals surface area contributed by atoms with Crippen LogP contribution in [0.2, 0.25) is 0 Å². The van der Waals surface area contributed by atoms with Crippen molar-refractivity contribution in [2.45, 2.75) is 19.2 Å². The normalized spacial score (nSPS) is 16.1. The zero-order valence-electron chi connectivity index (χ0n) is 17.6. The average molecular weight is 452 g/mol. The van der Waals surface area contributed by atoms with Gasteiger partial charge in [-0.2, -0.15) is 0 Å². The van der Waals surface area contributed by atoms with Gasteiger partial charge in [-0.1, -0.05) is 6.07 Å². The van der Waals surface area contributed by atoms with E-state index in [9.17, 15) is 22.8 Å². The number of hydrogen-bond acceptors (Lipinski definition) is 5. The predicted molar refractivity (Wildman–Crippen MR) is 110 cm³/mol. The van der Waals surface area contributed by atoms with Crippen molar-refractivity contribution < 1.29 is 37.0 Å². The lowest BCUT2D eigenvalue weighted by atomic mass is 10.1. The molecule has 1 aliphatic rings. The van der Waals surface area contributed by atoms with Gasteiger partial charge in [-0.25, -0.2) is 0 Å². The molecule has 0 spiro atoms. The van der Waals surface area contributed by atoms with Crippen LogP contribution in [0.5, 0.6) is 17.2 Å². The molecule has 32 heavy (non-hydrogen) atoms. The van der Waals surface area contributed by atoms with Gasteiger partial charge >= 0.3 is 6.36 Å². The van der Waals surface area contributed by atoms with Crippen molar-refractivity contribution in [3.05, 3.63) is 48.0 Å². The van der Waals surface area contributed by atoms with Crippen molar-refractivity contribution in [3.63, 3.8) is 0 Å². The number of methoxy groups -OCH3 is 2. The van der Waals surface area contributed by atoms with E-state index in [0.29, 0.717) is 30.2 Å². The minimum Gasteiger partial charge on any atom is -0.493 e. The second kappa shape index (κ2) is 9.80. The molecule has 0 saturated carbocycles. The molecule has 0 aromatic heterocycles. The molecule has 0 bridgehead atoms. The Morgan fingerprint density at radius 2 is 1.78 bits per heavy atom. The summed E-state index contributed by atoms with van der Waals surface area (Å²) in [5.41, 5.74) is 1.28. The molecule has 2 aromatic carbocycles. The Hall–Kier alpha value is -3.43. The fourth-order valence-electron chi connectivity index (χ4n) is 3.45. The molecular formula is C22H23F3N2O5. The van der Waals surface area contributed by atoms with Gasteiger partial charge in [0.05, 0.1) is 20.1 Å². The first-order valence-corrected chi connectivity index (χ1v) is 9.84. The topological polar surface area (TPSA) is 77.1 Å². The van der Waals surface area contributed by atoms with E-state index < -0.39 is 12.3 Å². The molecule has 3 rings (SSSR count). The van der Waals surface area contributed by atoms with E-state index in [2.05, 4.69) is 10.1 Å². The summed E-state index contributed by atoms with van der Waals surface area (Å²) in [7, 11) is 3.10. The van der Waals surface area contributed by atoms with Gasteiger partial charge in [0.25, 0.3) is 0 Å². The highest BCUT2D eigenvalue weighted by Gasteiger charge is 2.34. The number of rotatable bonds is 8. The van der Waals surface area contributed by atoms with Crippen LogP contribution in [0.3, 0.4) is 0 Å². The maximum absolute atomic E-state index is 12.5. The Labute approximate surface area is 183 Å². The lowest BCUT2D eigenvalue weighted by Gasteiger charge is -2.17. The number of carbonyl (C=O) groups excluding carboxylic acids is 2. The molecule has 1 heterocycles. The standard InChI is InChI=1S/C22H23F3N2O5/c1-30-18-8-3-14(11-19(18)31-2)9-10-27-13-15(12-20(27)28)21(29)26-16-4-6-17(7-5-16)32-22(23,24)25/h3-8,11,15H,9-10,12-13H2,1-2H3,(H,26,29). The van der Waals surface area contributed by atoms with Crippen LogP contribution in [0, 0.1) is 5.92 Å². The van der Waals surface area contributed by atoms with Crippen LogP contribution in [-0.2, 0) is 16.0 Å². The van der Waals surface area contributed by atoms with Crippen LogP contribution in [0.15, 0.2) is 42.5 Å². The Morgan fingerprint density at radius 1 is 1.09 bits per heavy atom. The van der Waals surface area contributed by atoms with Crippen molar-refractivity contribution in [2.75, 3.05) is 32.6 Å². The molecule has 1 saturated heterocycles. The van der Waals surface area contributed by atoms with Gasteiger partial charge in [0.2, 0.25) is 11.8 Å². The smallest absolute Gasteiger partial charge is 0.493 e. The lowest BCUT2D eigenvalue weighted by molar-refractivity contribution is -0.274. The third kappa shape index (κ3) is 6.05. The summed E-state index contributed by atoms with van der Waals surface area (Å²) in [6.45, 7) is 0.717. The molecule has 7 nitrogen and oxygen atoms in total. The van der Waals surface area contributed by atoms with E-state index in [1.54, 1.807) is 25.2 Å². The molecule has 0 radical (unpaired) electrons. The number of halogens is 3. The van der Waals surface area contributed by atoms with E-state index >= 15 is 0 Å². The molecule has 1 fully saturated rings. The van der Waals surface area contributed by atoms with Crippen LogP contribution in [0.25, 0.3) is 0 Å². The van der Waals surface area contributed by atoms with Crippen LogP contribution in [0.4, 0.5) is 18.9 Å². The Morgan fingerprint density at radius 3 is 2.41 bits per heavy atom. The summed E-state index contributed by atoms with van der Waals surface area (Å²) in [4.78, 5) is 26.5. The van der Waals surface area contributed by atoms with Gasteiger partial charge in [-0.05, 0) is 48.4 Å². The Bertz CT molecular complexity index is 963. The predicted octanol–water partition coefficient (Wildman–Crippen LogP) is 3.63. The zero-order valence-corrected chi connectivity index (χ0v) is 17.6. The molecule has 1 unspecified atom stereocenters. The summed E-state index contributed by atoms with van der Waals surface area (Å²) >= 11 is 0. The minimum absolute atomic E-state index is 0.0764. The van der Waals surface area contributed by atoms with Gasteiger partial charge in [0.15, 0.2) is 11.5 Å². The van der Waals surface area contributed by atoms with Crippen LogP contribution in [0.1, 0.15) is 12.0 Å². The molecule has 2 amide bonds. The fourth-order valence-corrected chi connectivity index (χ4v) is 3.45. The van der Waals surface area contributed by atoms with Crippen molar-refractivity contribution in [1.82, 2.24) is 4.90 Å². The quantitative estimate of drug-likeness (QED) is 0.662. The molecule has 1 atom stereocenters. The summed E-state index contributed by atoms with van der Waals surface area (Å²) in [5, 5.41) is 2.63. The molecule has 2 aromatic rings. The van der Waals surface area contributed by atoms with Gasteiger partial charge in [0, 0.05) is 25.2 Å². The summed E-state index contributed by atoms with van der Waals surface area (Å²) in [6.07, 6.45) is -4.12. The minimum atomic E-state index is -4.78. The first-order chi connectivity index (χ1) is 15.2. The van der Waals surface area contributed by atoms with E-state index in [1.165, 1.54) is 12.1 Å². The maximum atomic E-state index is 12.5. The van der Waals surface area contributed by atoms with E-state index in [-0.39, 0.29) is 30.5 Å². The van der Waals surface area contributed by atoms with Gasteiger partial charge in [-0.15, -0.1) is 13.2 Å². The van der Waals surface area contributed by atoms with Crippen molar-refractivity contribution in [1.29, 1.82) is 0 Å². The first-order valence-electron chi connectivity index (χ1n) is 9.84. The van der Waals surface area contributed by atoms with Crippen LogP contribution < -0.4 is 19.5 Å². The highest BCUT2D eigenvalue weighted by molar-refractivity contribution is 5.97. The zero-order chi connectivity index (χ0) is 23.3. The summed E-state index contributed by atoms with van der Waals surface area (Å²) in [5.74, 6) is -0.201. The number of likely N-dealkylation sites (tertiary alicyclic amines) is 1. The highest BCUT2D eigenvalue weighted by Crippen LogP contribution is 2.28. The average Bonchev–Trinajstić information content (AvgIpc) is 3.13. The van der Waals surface area contributed by atoms with E-state index in [1.807, 2.05) is 12.1 Å². The van der Waals surface area contributed by atoms with E-state index in [0.717, 1.165) is 17.7 Å². The Kier molecular flexibility index (Phi) is 7.12. The number of hydrogen-bond donors (Lipinski definition) is 1. The number of amides is 2. The molecular weight excluding hydrogens is 429 g/mol. The summed E-state index contributed by atoms with van der Waals surface area (Å²) in [6, 6.07) is 10.4. The van der Waals surface area contributed by atoms with Gasteiger partial charge in [0.1, 0.15) is 5.75 Å². The molecule has 0 aliphatic carbocycles. The highest BCUT2D eigenvalue weighted by atomic mass is 19.4. The number of carbonyl (C=O) groups is 2. The number of ether oxygens (including phenoxy) is 3. The second-order valence-corrected chi connectivity index (χ2v) is 7.24. The summed E-state index contributed by atoms with van der Waals surface area (Å²) < 4.78 is 51.0. The van der Waals surface area contributed by atoms with Crippen LogP contribution in [-0.4, -0.2) is 50.4 Å². The molecule has 10 heteroatoms.